The fraction of sp³-hybridized carbons (Fsp3) is 0.500. The lowest BCUT2D eigenvalue weighted by atomic mass is 9.97. The first kappa shape index (κ1) is 9.53. The molecule has 1 aromatic rings. The Morgan fingerprint density at radius 2 is 2.14 bits per heavy atom. The molecule has 1 aliphatic rings. The van der Waals surface area contributed by atoms with Gasteiger partial charge in [0.25, 0.3) is 0 Å². The van der Waals surface area contributed by atoms with Gasteiger partial charge in [0.05, 0.1) is 0 Å². The zero-order chi connectivity index (χ0) is 10.1. The lowest BCUT2D eigenvalue weighted by Crippen LogP contribution is -2.14. The molecule has 0 spiro atoms. The highest BCUT2D eigenvalue weighted by Crippen LogP contribution is 2.32. The number of hydrogen-bond acceptors (Lipinski definition) is 2. The molecule has 1 unspecified atom stereocenters. The van der Waals surface area contributed by atoms with E-state index in [2.05, 4.69) is 11.4 Å². The Hall–Kier alpha value is -1.02. The summed E-state index contributed by atoms with van der Waals surface area (Å²) in [5.41, 5.74) is 3.25. The monoisotopic (exact) mass is 191 g/mol. The molecule has 14 heavy (non-hydrogen) atoms. The van der Waals surface area contributed by atoms with Crippen LogP contribution in [0.4, 0.5) is 0 Å². The van der Waals surface area contributed by atoms with Crippen LogP contribution in [0.5, 0.6) is 5.75 Å². The van der Waals surface area contributed by atoms with E-state index in [9.17, 15) is 5.11 Å². The second kappa shape index (κ2) is 3.62. The Morgan fingerprint density at radius 1 is 1.36 bits per heavy atom. The van der Waals surface area contributed by atoms with Crippen LogP contribution >= 0.6 is 0 Å². The molecule has 1 atom stereocenters. The van der Waals surface area contributed by atoms with Crippen LogP contribution in [0.25, 0.3) is 0 Å². The van der Waals surface area contributed by atoms with Crippen molar-refractivity contribution < 1.29 is 5.11 Å². The summed E-state index contributed by atoms with van der Waals surface area (Å²) in [5.74, 6) is 0.455. The number of hydrogen-bond donors (Lipinski definition) is 2. The van der Waals surface area contributed by atoms with Gasteiger partial charge in [0.1, 0.15) is 5.75 Å². The smallest absolute Gasteiger partial charge is 0.121 e. The first-order valence-electron chi connectivity index (χ1n) is 5.22. The Kier molecular flexibility index (Phi) is 2.46. The highest BCUT2D eigenvalue weighted by Gasteiger charge is 2.19. The van der Waals surface area contributed by atoms with Crippen molar-refractivity contribution in [2.45, 2.75) is 32.7 Å². The van der Waals surface area contributed by atoms with E-state index in [1.165, 1.54) is 18.4 Å². The summed E-state index contributed by atoms with van der Waals surface area (Å²) in [7, 11) is 0. The number of aryl methyl sites for hydroxylation is 1. The molecule has 0 amide bonds. The normalized spacial score (nSPS) is 21.4. The molecule has 2 nitrogen and oxygen atoms in total. The first-order chi connectivity index (χ1) is 6.70. The van der Waals surface area contributed by atoms with Crippen LogP contribution in [0.2, 0.25) is 0 Å². The standard InChI is InChI=1S/C12H17NO/c1-8-5-6-10(9(2)12(8)14)11-4-3-7-13-11/h5-6,11,13-14H,3-4,7H2,1-2H3. The summed E-state index contributed by atoms with van der Waals surface area (Å²) < 4.78 is 0. The fourth-order valence-electron chi connectivity index (χ4n) is 2.18. The third kappa shape index (κ3) is 1.50. The number of phenolic OH excluding ortho intramolecular Hbond substituents is 1. The molecule has 0 bridgehead atoms. The van der Waals surface area contributed by atoms with Crippen molar-refractivity contribution >= 4 is 0 Å². The molecule has 0 aromatic heterocycles. The highest BCUT2D eigenvalue weighted by molar-refractivity contribution is 5.45. The summed E-state index contributed by atoms with van der Waals surface area (Å²) in [5, 5.41) is 13.3. The maximum absolute atomic E-state index is 9.82. The van der Waals surface area contributed by atoms with E-state index in [0.29, 0.717) is 11.8 Å². The summed E-state index contributed by atoms with van der Waals surface area (Å²) in [6, 6.07) is 4.58. The quantitative estimate of drug-likeness (QED) is 0.714. The van der Waals surface area contributed by atoms with Gasteiger partial charge in [0, 0.05) is 6.04 Å². The molecular weight excluding hydrogens is 174 g/mol. The van der Waals surface area contributed by atoms with Gasteiger partial charge in [-0.25, -0.2) is 0 Å². The zero-order valence-corrected chi connectivity index (χ0v) is 8.80. The average molecular weight is 191 g/mol. The fourth-order valence-corrected chi connectivity index (χ4v) is 2.18. The van der Waals surface area contributed by atoms with E-state index >= 15 is 0 Å². The van der Waals surface area contributed by atoms with Crippen molar-refractivity contribution in [3.05, 3.63) is 28.8 Å². The summed E-state index contributed by atoms with van der Waals surface area (Å²) >= 11 is 0. The number of aromatic hydroxyl groups is 1. The molecule has 0 radical (unpaired) electrons. The Bertz CT molecular complexity index is 340. The Morgan fingerprint density at radius 3 is 2.79 bits per heavy atom. The molecule has 1 saturated heterocycles. The van der Waals surface area contributed by atoms with Crippen molar-refractivity contribution in [2.75, 3.05) is 6.54 Å². The van der Waals surface area contributed by atoms with Crippen molar-refractivity contribution in [2.24, 2.45) is 0 Å². The van der Waals surface area contributed by atoms with E-state index in [4.69, 9.17) is 0 Å². The van der Waals surface area contributed by atoms with Crippen molar-refractivity contribution in [1.82, 2.24) is 5.32 Å². The summed E-state index contributed by atoms with van der Waals surface area (Å²) in [4.78, 5) is 0. The van der Waals surface area contributed by atoms with Gasteiger partial charge in [0.15, 0.2) is 0 Å². The average Bonchev–Trinajstić information content (AvgIpc) is 2.67. The lowest BCUT2D eigenvalue weighted by Gasteiger charge is -2.15. The van der Waals surface area contributed by atoms with Crippen molar-refractivity contribution in [3.63, 3.8) is 0 Å². The molecule has 1 heterocycles. The van der Waals surface area contributed by atoms with Crippen LogP contribution in [0.3, 0.4) is 0 Å². The van der Waals surface area contributed by atoms with Crippen molar-refractivity contribution in [3.8, 4) is 5.75 Å². The van der Waals surface area contributed by atoms with Gasteiger partial charge in [-0.1, -0.05) is 12.1 Å². The number of rotatable bonds is 1. The second-order valence-corrected chi connectivity index (χ2v) is 4.09. The second-order valence-electron chi connectivity index (χ2n) is 4.09. The first-order valence-corrected chi connectivity index (χ1v) is 5.22. The van der Waals surface area contributed by atoms with Crippen LogP contribution in [-0.2, 0) is 0 Å². The number of benzene rings is 1. The minimum Gasteiger partial charge on any atom is -0.507 e. The van der Waals surface area contributed by atoms with E-state index in [-0.39, 0.29) is 0 Å². The van der Waals surface area contributed by atoms with E-state index in [0.717, 1.165) is 17.7 Å². The predicted molar refractivity (Wildman–Crippen MR) is 57.6 cm³/mol. The van der Waals surface area contributed by atoms with Gasteiger partial charge in [-0.15, -0.1) is 0 Å². The zero-order valence-electron chi connectivity index (χ0n) is 8.80. The van der Waals surface area contributed by atoms with Crippen molar-refractivity contribution in [1.29, 1.82) is 0 Å². The minimum absolute atomic E-state index is 0.446. The van der Waals surface area contributed by atoms with E-state index in [1.807, 2.05) is 19.9 Å². The SMILES string of the molecule is Cc1ccc(C2CCCN2)c(C)c1O. The number of nitrogens with one attached hydrogen (secondary N) is 1. The Labute approximate surface area is 85.0 Å². The highest BCUT2D eigenvalue weighted by atomic mass is 16.3. The van der Waals surface area contributed by atoms with Crippen LogP contribution in [0.1, 0.15) is 35.6 Å². The minimum atomic E-state index is 0.446. The molecule has 1 fully saturated rings. The third-order valence-corrected chi connectivity index (χ3v) is 3.11. The van der Waals surface area contributed by atoms with Gasteiger partial charge >= 0.3 is 0 Å². The molecule has 2 heteroatoms. The maximum atomic E-state index is 9.82. The van der Waals surface area contributed by atoms with Gasteiger partial charge in [-0.3, -0.25) is 0 Å². The molecule has 0 saturated carbocycles. The Balaban J connectivity index is 2.38. The van der Waals surface area contributed by atoms with Gasteiger partial charge in [-0.2, -0.15) is 0 Å². The van der Waals surface area contributed by atoms with Crippen LogP contribution in [0.15, 0.2) is 12.1 Å². The summed E-state index contributed by atoms with van der Waals surface area (Å²) in [6.07, 6.45) is 2.42. The largest absolute Gasteiger partial charge is 0.507 e. The van der Waals surface area contributed by atoms with Gasteiger partial charge in [-0.05, 0) is 49.9 Å². The molecule has 1 aliphatic heterocycles. The van der Waals surface area contributed by atoms with E-state index in [1.54, 1.807) is 0 Å². The van der Waals surface area contributed by atoms with Gasteiger partial charge < -0.3 is 10.4 Å². The molecule has 0 aliphatic carbocycles. The van der Waals surface area contributed by atoms with Gasteiger partial charge in [0.2, 0.25) is 0 Å². The molecule has 1 aromatic carbocycles. The van der Waals surface area contributed by atoms with E-state index < -0.39 is 0 Å². The maximum Gasteiger partial charge on any atom is 0.121 e. The topological polar surface area (TPSA) is 32.3 Å². The molecular formula is C12H17NO. The molecule has 76 valence electrons. The molecule has 2 rings (SSSR count). The van der Waals surface area contributed by atoms with Crippen LogP contribution in [0, 0.1) is 13.8 Å². The predicted octanol–water partition coefficient (Wildman–Crippen LogP) is 2.43. The van der Waals surface area contributed by atoms with Crippen LogP contribution in [-0.4, -0.2) is 11.7 Å². The molecule has 2 N–H and O–H groups in total. The lowest BCUT2D eigenvalue weighted by molar-refractivity contribution is 0.464. The number of phenols is 1. The summed E-state index contributed by atoms with van der Waals surface area (Å²) in [6.45, 7) is 5.03. The third-order valence-electron chi connectivity index (χ3n) is 3.11. The van der Waals surface area contributed by atoms with Crippen LogP contribution < -0.4 is 5.32 Å².